The van der Waals surface area contributed by atoms with Crippen molar-refractivity contribution in [3.8, 4) is 11.5 Å². The van der Waals surface area contributed by atoms with Crippen molar-refractivity contribution in [3.63, 3.8) is 0 Å². The maximum absolute atomic E-state index is 9.47. The number of hydrogen-bond donors (Lipinski definition) is 1. The van der Waals surface area contributed by atoms with E-state index in [-0.39, 0.29) is 12.0 Å². The minimum Gasteiger partial charge on any atom is -0.496 e. The first-order valence-corrected chi connectivity index (χ1v) is 5.86. The van der Waals surface area contributed by atoms with Crippen LogP contribution in [0, 0.1) is 0 Å². The lowest BCUT2D eigenvalue weighted by atomic mass is 9.83. The molecule has 0 radical (unpaired) electrons. The van der Waals surface area contributed by atoms with Crippen molar-refractivity contribution >= 4 is 0 Å². The SMILES string of the molecule is CCc1cc(C(C)(C)CO)c(OC)cc1OC. The summed E-state index contributed by atoms with van der Waals surface area (Å²) in [5.74, 6) is 1.60. The number of rotatable bonds is 5. The normalized spacial score (nSPS) is 11.4. The summed E-state index contributed by atoms with van der Waals surface area (Å²) in [6, 6.07) is 3.96. The Kier molecular flexibility index (Phi) is 4.40. The molecule has 3 nitrogen and oxygen atoms in total. The molecule has 0 heterocycles. The highest BCUT2D eigenvalue weighted by Crippen LogP contribution is 2.36. The zero-order chi connectivity index (χ0) is 13.1. The molecule has 0 fully saturated rings. The molecule has 0 aromatic heterocycles. The van der Waals surface area contributed by atoms with E-state index in [1.807, 2.05) is 19.9 Å². The molecular formula is C14H22O3. The second-order valence-corrected chi connectivity index (χ2v) is 4.76. The maximum atomic E-state index is 9.47. The van der Waals surface area contributed by atoms with Crippen LogP contribution < -0.4 is 9.47 Å². The first kappa shape index (κ1) is 13.8. The van der Waals surface area contributed by atoms with Crippen LogP contribution in [0.2, 0.25) is 0 Å². The van der Waals surface area contributed by atoms with Crippen LogP contribution in [0.15, 0.2) is 12.1 Å². The van der Waals surface area contributed by atoms with Crippen molar-refractivity contribution in [1.82, 2.24) is 0 Å². The molecule has 1 rings (SSSR count). The molecule has 0 aliphatic rings. The van der Waals surface area contributed by atoms with Gasteiger partial charge in [0.2, 0.25) is 0 Å². The molecule has 1 aromatic rings. The van der Waals surface area contributed by atoms with Gasteiger partial charge in [0.1, 0.15) is 11.5 Å². The number of aliphatic hydroxyl groups excluding tert-OH is 1. The Bertz CT molecular complexity index is 383. The summed E-state index contributed by atoms with van der Waals surface area (Å²) in [7, 11) is 3.29. The number of methoxy groups -OCH3 is 2. The Morgan fingerprint density at radius 2 is 1.71 bits per heavy atom. The zero-order valence-electron chi connectivity index (χ0n) is 11.3. The van der Waals surface area contributed by atoms with Crippen molar-refractivity contribution in [2.75, 3.05) is 20.8 Å². The summed E-state index contributed by atoms with van der Waals surface area (Å²) in [6.45, 7) is 6.16. The van der Waals surface area contributed by atoms with E-state index >= 15 is 0 Å². The predicted molar refractivity (Wildman–Crippen MR) is 69.0 cm³/mol. The largest absolute Gasteiger partial charge is 0.496 e. The second kappa shape index (κ2) is 5.41. The number of hydrogen-bond acceptors (Lipinski definition) is 3. The topological polar surface area (TPSA) is 38.7 Å². The molecule has 0 spiro atoms. The van der Waals surface area contributed by atoms with Crippen molar-refractivity contribution in [2.24, 2.45) is 0 Å². The molecule has 0 saturated heterocycles. The molecule has 0 saturated carbocycles. The second-order valence-electron chi connectivity index (χ2n) is 4.76. The number of ether oxygens (including phenoxy) is 2. The molecule has 0 aliphatic carbocycles. The van der Waals surface area contributed by atoms with Crippen LogP contribution in [0.3, 0.4) is 0 Å². The average molecular weight is 238 g/mol. The number of aliphatic hydroxyl groups is 1. The zero-order valence-corrected chi connectivity index (χ0v) is 11.3. The van der Waals surface area contributed by atoms with Gasteiger partial charge in [0.05, 0.1) is 20.8 Å². The first-order chi connectivity index (χ1) is 8.00. The van der Waals surface area contributed by atoms with E-state index in [2.05, 4.69) is 13.0 Å². The Balaban J connectivity index is 3.38. The molecule has 17 heavy (non-hydrogen) atoms. The minimum absolute atomic E-state index is 0.0822. The summed E-state index contributed by atoms with van der Waals surface area (Å²) in [4.78, 5) is 0. The first-order valence-electron chi connectivity index (χ1n) is 5.86. The van der Waals surface area contributed by atoms with Crippen LogP contribution >= 0.6 is 0 Å². The molecule has 0 unspecified atom stereocenters. The van der Waals surface area contributed by atoms with Crippen LogP contribution in [0.25, 0.3) is 0 Å². The van der Waals surface area contributed by atoms with E-state index in [0.717, 1.165) is 29.0 Å². The van der Waals surface area contributed by atoms with Crippen molar-refractivity contribution in [1.29, 1.82) is 0 Å². The van der Waals surface area contributed by atoms with Gasteiger partial charge in [-0.1, -0.05) is 20.8 Å². The van der Waals surface area contributed by atoms with Gasteiger partial charge < -0.3 is 14.6 Å². The van der Waals surface area contributed by atoms with Crippen LogP contribution in [0.4, 0.5) is 0 Å². The van der Waals surface area contributed by atoms with Gasteiger partial charge in [0, 0.05) is 17.0 Å². The lowest BCUT2D eigenvalue weighted by molar-refractivity contribution is 0.214. The van der Waals surface area contributed by atoms with Crippen molar-refractivity contribution in [2.45, 2.75) is 32.6 Å². The Labute approximate surface area is 103 Å². The van der Waals surface area contributed by atoms with E-state index < -0.39 is 0 Å². The highest BCUT2D eigenvalue weighted by atomic mass is 16.5. The maximum Gasteiger partial charge on any atom is 0.126 e. The molecule has 0 atom stereocenters. The molecule has 1 N–H and O–H groups in total. The standard InChI is InChI=1S/C14H22O3/c1-6-10-7-11(14(2,3)9-15)13(17-5)8-12(10)16-4/h7-8,15H,6,9H2,1-5H3. The van der Waals surface area contributed by atoms with Crippen molar-refractivity contribution in [3.05, 3.63) is 23.3 Å². The predicted octanol–water partition coefficient (Wildman–Crippen LogP) is 2.54. The van der Waals surface area contributed by atoms with Crippen LogP contribution in [-0.2, 0) is 11.8 Å². The van der Waals surface area contributed by atoms with E-state index in [9.17, 15) is 5.11 Å². The van der Waals surface area contributed by atoms with E-state index in [0.29, 0.717) is 0 Å². The molecular weight excluding hydrogens is 216 g/mol. The molecule has 0 amide bonds. The summed E-state index contributed by atoms with van der Waals surface area (Å²) in [6.07, 6.45) is 0.891. The number of benzene rings is 1. The van der Waals surface area contributed by atoms with Gasteiger partial charge in [-0.25, -0.2) is 0 Å². The average Bonchev–Trinajstić information content (AvgIpc) is 2.36. The van der Waals surface area contributed by atoms with Crippen LogP contribution in [-0.4, -0.2) is 25.9 Å². The third-order valence-electron chi connectivity index (χ3n) is 3.11. The fourth-order valence-electron chi connectivity index (χ4n) is 1.86. The quantitative estimate of drug-likeness (QED) is 0.856. The molecule has 96 valence electrons. The summed E-state index contributed by atoms with van der Waals surface area (Å²) >= 11 is 0. The Morgan fingerprint density at radius 3 is 2.12 bits per heavy atom. The third-order valence-corrected chi connectivity index (χ3v) is 3.11. The Morgan fingerprint density at radius 1 is 1.12 bits per heavy atom. The molecule has 3 heteroatoms. The number of aryl methyl sites for hydroxylation is 1. The van der Waals surface area contributed by atoms with Gasteiger partial charge in [-0.15, -0.1) is 0 Å². The van der Waals surface area contributed by atoms with Crippen LogP contribution in [0.1, 0.15) is 31.9 Å². The van der Waals surface area contributed by atoms with Crippen molar-refractivity contribution < 1.29 is 14.6 Å². The van der Waals surface area contributed by atoms with Gasteiger partial charge >= 0.3 is 0 Å². The summed E-state index contributed by atoms with van der Waals surface area (Å²) in [5.41, 5.74) is 1.83. The van der Waals surface area contributed by atoms with Crippen LogP contribution in [0.5, 0.6) is 11.5 Å². The highest BCUT2D eigenvalue weighted by Gasteiger charge is 2.25. The van der Waals surface area contributed by atoms with Gasteiger partial charge in [-0.3, -0.25) is 0 Å². The van der Waals surface area contributed by atoms with Gasteiger partial charge in [-0.2, -0.15) is 0 Å². The van der Waals surface area contributed by atoms with E-state index in [1.54, 1.807) is 14.2 Å². The van der Waals surface area contributed by atoms with Gasteiger partial charge in [0.25, 0.3) is 0 Å². The monoisotopic (exact) mass is 238 g/mol. The molecule has 0 bridgehead atoms. The minimum atomic E-state index is -0.318. The lowest BCUT2D eigenvalue weighted by Crippen LogP contribution is -2.23. The third kappa shape index (κ3) is 2.72. The fourth-order valence-corrected chi connectivity index (χ4v) is 1.86. The lowest BCUT2D eigenvalue weighted by Gasteiger charge is -2.26. The smallest absolute Gasteiger partial charge is 0.126 e. The summed E-state index contributed by atoms with van der Waals surface area (Å²) in [5, 5.41) is 9.47. The van der Waals surface area contributed by atoms with Gasteiger partial charge in [-0.05, 0) is 18.1 Å². The van der Waals surface area contributed by atoms with E-state index in [4.69, 9.17) is 9.47 Å². The molecule has 1 aromatic carbocycles. The van der Waals surface area contributed by atoms with Gasteiger partial charge in [0.15, 0.2) is 0 Å². The Hall–Kier alpha value is -1.22. The summed E-state index contributed by atoms with van der Waals surface area (Å²) < 4.78 is 10.7. The highest BCUT2D eigenvalue weighted by molar-refractivity contribution is 5.49. The van der Waals surface area contributed by atoms with E-state index in [1.165, 1.54) is 0 Å². The molecule has 0 aliphatic heterocycles. The fraction of sp³-hybridized carbons (Fsp3) is 0.571.